The first-order valence-electron chi connectivity index (χ1n) is 14.2. The lowest BCUT2D eigenvalue weighted by atomic mass is 9.89. The number of ether oxygens (including phenoxy) is 1. The van der Waals surface area contributed by atoms with E-state index in [2.05, 4.69) is 9.88 Å². The van der Waals surface area contributed by atoms with Crippen LogP contribution in [0.15, 0.2) is 29.1 Å². The third-order valence-corrected chi connectivity index (χ3v) is 8.64. The van der Waals surface area contributed by atoms with Crippen LogP contribution >= 0.6 is 0 Å². The molecule has 5 rings (SSSR count). The van der Waals surface area contributed by atoms with E-state index < -0.39 is 11.9 Å². The van der Waals surface area contributed by atoms with Gasteiger partial charge in [-0.25, -0.2) is 4.98 Å². The number of para-hydroxylation sites is 2. The van der Waals surface area contributed by atoms with Crippen molar-refractivity contribution in [2.75, 3.05) is 20.2 Å². The number of carbonyl (C=O) groups is 2. The Hall–Kier alpha value is -2.74. The lowest BCUT2D eigenvalue weighted by Gasteiger charge is -2.45. The Kier molecular flexibility index (Phi) is 7.93. The molecule has 2 atom stereocenters. The average molecular weight is 509 g/mol. The number of fused-ring (bicyclic) bond motifs is 3. The second kappa shape index (κ2) is 11.3. The summed E-state index contributed by atoms with van der Waals surface area (Å²) in [6, 6.07) is 9.25. The molecule has 3 heterocycles. The molecule has 200 valence electrons. The zero-order valence-corrected chi connectivity index (χ0v) is 22.2. The topological polar surface area (TPSA) is 84.7 Å². The number of carbonyl (C=O) groups excluding carboxylic acids is 2. The fraction of sp³-hybridized carbons (Fsp3) is 0.655. The summed E-state index contributed by atoms with van der Waals surface area (Å²) in [5.41, 5.74) is 0.925. The van der Waals surface area contributed by atoms with E-state index in [1.54, 1.807) is 6.92 Å². The molecule has 1 aromatic heterocycles. The number of piperidine rings is 1. The molecule has 2 aromatic rings. The molecule has 0 spiro atoms. The summed E-state index contributed by atoms with van der Waals surface area (Å²) < 4.78 is 6.82. The van der Waals surface area contributed by atoms with Crippen molar-refractivity contribution in [3.63, 3.8) is 0 Å². The third-order valence-electron chi connectivity index (χ3n) is 8.64. The Labute approximate surface area is 219 Å². The van der Waals surface area contributed by atoms with Gasteiger partial charge >= 0.3 is 5.97 Å². The summed E-state index contributed by atoms with van der Waals surface area (Å²) in [4.78, 5) is 47.6. The molecule has 3 fully saturated rings. The van der Waals surface area contributed by atoms with E-state index in [4.69, 9.17) is 4.74 Å². The Morgan fingerprint density at radius 3 is 2.27 bits per heavy atom. The average Bonchev–Trinajstić information content (AvgIpc) is 3.12. The minimum Gasteiger partial charge on any atom is -0.465 e. The molecule has 1 saturated carbocycles. The highest BCUT2D eigenvalue weighted by molar-refractivity contribution is 5.95. The summed E-state index contributed by atoms with van der Waals surface area (Å²) >= 11 is 0. The maximum Gasteiger partial charge on any atom is 0.325 e. The first-order valence-corrected chi connectivity index (χ1v) is 14.2. The van der Waals surface area contributed by atoms with Crippen molar-refractivity contribution in [3.8, 4) is 0 Å². The number of aromatic nitrogens is 2. The molecular formula is C29H40N4O4. The van der Waals surface area contributed by atoms with E-state index >= 15 is 0 Å². The highest BCUT2D eigenvalue weighted by Gasteiger charge is 2.44. The van der Waals surface area contributed by atoms with Crippen LogP contribution in [-0.2, 0) is 9.53 Å². The molecule has 0 radical (unpaired) electrons. The van der Waals surface area contributed by atoms with Gasteiger partial charge in [-0.2, -0.15) is 0 Å². The van der Waals surface area contributed by atoms with Gasteiger partial charge in [0.25, 0.3) is 11.5 Å². The first-order chi connectivity index (χ1) is 18.0. The fourth-order valence-corrected chi connectivity index (χ4v) is 7.03. The van der Waals surface area contributed by atoms with E-state index in [1.165, 1.54) is 69.7 Å². The van der Waals surface area contributed by atoms with Crippen LogP contribution in [0.3, 0.4) is 0 Å². The minimum absolute atomic E-state index is 0.0321. The maximum absolute atomic E-state index is 13.9. The van der Waals surface area contributed by atoms with Crippen LogP contribution in [0.1, 0.15) is 94.1 Å². The van der Waals surface area contributed by atoms with Gasteiger partial charge in [-0.15, -0.1) is 0 Å². The second-order valence-electron chi connectivity index (χ2n) is 11.0. The molecule has 1 aromatic carbocycles. The number of likely N-dealkylation sites (N-methyl/N-ethyl adjacent to an activating group) is 1. The lowest BCUT2D eigenvalue weighted by Crippen LogP contribution is -2.50. The van der Waals surface area contributed by atoms with Crippen molar-refractivity contribution in [1.82, 2.24) is 19.4 Å². The highest BCUT2D eigenvalue weighted by Crippen LogP contribution is 2.44. The summed E-state index contributed by atoms with van der Waals surface area (Å²) in [6.45, 7) is 1.74. The molecule has 8 nitrogen and oxygen atoms in total. The standard InChI is InChI=1S/C29H40N4O4/c1-3-37-26(34)19-31(2)28(35)27-29(36)33(25-14-10-9-13-24(25)30-27)23-17-21-15-16-22(18-23)32(21)20-11-7-5-4-6-8-12-20/h9-10,13-14,20-23H,3-8,11-12,15-19H2,1-2H3. The Morgan fingerprint density at radius 1 is 0.946 bits per heavy atom. The Morgan fingerprint density at radius 2 is 1.59 bits per heavy atom. The van der Waals surface area contributed by atoms with Crippen molar-refractivity contribution in [3.05, 3.63) is 40.3 Å². The summed E-state index contributed by atoms with van der Waals surface area (Å²) in [5.74, 6) is -1.05. The molecule has 2 aliphatic heterocycles. The van der Waals surface area contributed by atoms with E-state index in [9.17, 15) is 14.4 Å². The number of rotatable bonds is 6. The largest absolute Gasteiger partial charge is 0.465 e. The first kappa shape index (κ1) is 25.9. The lowest BCUT2D eigenvalue weighted by molar-refractivity contribution is -0.143. The quantitative estimate of drug-likeness (QED) is 0.541. The molecule has 1 amide bonds. The Balaban J connectivity index is 1.44. The number of hydrogen-bond donors (Lipinski definition) is 0. The van der Waals surface area contributed by atoms with Gasteiger partial charge in [-0.1, -0.05) is 44.2 Å². The van der Waals surface area contributed by atoms with Gasteiger partial charge in [0, 0.05) is 31.2 Å². The molecule has 2 unspecified atom stereocenters. The highest BCUT2D eigenvalue weighted by atomic mass is 16.5. The normalized spacial score (nSPS) is 25.0. The van der Waals surface area contributed by atoms with Crippen molar-refractivity contribution >= 4 is 22.9 Å². The number of hydrogen-bond acceptors (Lipinski definition) is 6. The van der Waals surface area contributed by atoms with E-state index in [1.807, 2.05) is 28.8 Å². The van der Waals surface area contributed by atoms with Crippen molar-refractivity contribution in [2.45, 2.75) is 102 Å². The van der Waals surface area contributed by atoms with Crippen molar-refractivity contribution in [1.29, 1.82) is 0 Å². The van der Waals surface area contributed by atoms with Crippen LogP contribution in [0.2, 0.25) is 0 Å². The van der Waals surface area contributed by atoms with E-state index in [-0.39, 0.29) is 30.4 Å². The zero-order valence-electron chi connectivity index (χ0n) is 22.2. The van der Waals surface area contributed by atoms with Crippen LogP contribution in [0.4, 0.5) is 0 Å². The summed E-state index contributed by atoms with van der Waals surface area (Å²) in [7, 11) is 1.51. The third kappa shape index (κ3) is 5.31. The van der Waals surface area contributed by atoms with E-state index in [0.29, 0.717) is 23.6 Å². The molecule has 1 aliphatic carbocycles. The predicted octanol–water partition coefficient (Wildman–Crippen LogP) is 4.31. The molecule has 37 heavy (non-hydrogen) atoms. The summed E-state index contributed by atoms with van der Waals surface area (Å²) in [6.07, 6.45) is 13.5. The number of esters is 1. The Bertz CT molecular complexity index is 1170. The maximum atomic E-state index is 13.9. The van der Waals surface area contributed by atoms with Crippen LogP contribution in [-0.4, -0.2) is 69.6 Å². The SMILES string of the molecule is CCOC(=O)CN(C)C(=O)c1nc2ccccc2n(C2CC3CCC(C2)N3C2CCCCCCC2)c1=O. The number of amides is 1. The van der Waals surface area contributed by atoms with Gasteiger partial charge in [-0.3, -0.25) is 19.3 Å². The smallest absolute Gasteiger partial charge is 0.325 e. The van der Waals surface area contributed by atoms with Gasteiger partial charge < -0.3 is 14.2 Å². The van der Waals surface area contributed by atoms with Crippen LogP contribution in [0.25, 0.3) is 11.0 Å². The second-order valence-corrected chi connectivity index (χ2v) is 11.0. The monoisotopic (exact) mass is 508 g/mol. The van der Waals surface area contributed by atoms with Gasteiger partial charge in [0.2, 0.25) is 0 Å². The van der Waals surface area contributed by atoms with Crippen LogP contribution < -0.4 is 5.56 Å². The van der Waals surface area contributed by atoms with E-state index in [0.717, 1.165) is 18.4 Å². The fourth-order valence-electron chi connectivity index (χ4n) is 7.03. The van der Waals surface area contributed by atoms with Crippen molar-refractivity contribution < 1.29 is 14.3 Å². The number of benzene rings is 1. The molecule has 2 bridgehead atoms. The van der Waals surface area contributed by atoms with Crippen molar-refractivity contribution in [2.24, 2.45) is 0 Å². The van der Waals surface area contributed by atoms with Gasteiger partial charge in [-0.05, 0) is 57.6 Å². The molecule has 2 saturated heterocycles. The summed E-state index contributed by atoms with van der Waals surface area (Å²) in [5, 5.41) is 0. The van der Waals surface area contributed by atoms with Crippen LogP contribution in [0.5, 0.6) is 0 Å². The van der Waals surface area contributed by atoms with Gasteiger partial charge in [0.05, 0.1) is 17.6 Å². The molecular weight excluding hydrogens is 468 g/mol. The molecule has 3 aliphatic rings. The minimum atomic E-state index is -0.549. The molecule has 0 N–H and O–H groups in total. The van der Waals surface area contributed by atoms with Gasteiger partial charge in [0.1, 0.15) is 6.54 Å². The molecule has 8 heteroatoms. The zero-order chi connectivity index (χ0) is 25.9. The number of nitrogens with zero attached hydrogens (tertiary/aromatic N) is 4. The van der Waals surface area contributed by atoms with Crippen LogP contribution in [0, 0.1) is 0 Å². The predicted molar refractivity (Wildman–Crippen MR) is 143 cm³/mol. The van der Waals surface area contributed by atoms with Gasteiger partial charge in [0.15, 0.2) is 5.69 Å².